The van der Waals surface area contributed by atoms with Crippen molar-refractivity contribution in [2.24, 2.45) is 0 Å². The molecule has 1 aliphatic heterocycles. The van der Waals surface area contributed by atoms with E-state index in [2.05, 4.69) is 59.5 Å². The smallest absolute Gasteiger partial charge is 0.212 e. The van der Waals surface area contributed by atoms with E-state index in [9.17, 15) is 0 Å². The van der Waals surface area contributed by atoms with Crippen molar-refractivity contribution < 1.29 is 9.13 Å². The lowest BCUT2D eigenvalue weighted by molar-refractivity contribution is -0.784. The van der Waals surface area contributed by atoms with Crippen LogP contribution in [0.2, 0.25) is 0 Å². The Hall–Kier alpha value is -2.23. The van der Waals surface area contributed by atoms with Crippen LogP contribution >= 0.6 is 0 Å². The first-order valence-corrected chi connectivity index (χ1v) is 6.63. The molecular weight excluding hydrogens is 236 g/mol. The van der Waals surface area contributed by atoms with Crippen LogP contribution in [0.15, 0.2) is 36.5 Å². The number of rotatable bonds is 0. The van der Waals surface area contributed by atoms with Crippen LogP contribution in [0.4, 0.5) is 0 Å². The van der Waals surface area contributed by atoms with Gasteiger partial charge in [-0.3, -0.25) is 0 Å². The Balaban J connectivity index is 2.11. The lowest BCUT2D eigenvalue weighted by Gasteiger charge is -2.06. The molecule has 0 aromatic carbocycles. The highest BCUT2D eigenvalue weighted by Crippen LogP contribution is 2.15. The summed E-state index contributed by atoms with van der Waals surface area (Å²) < 4.78 is 6.63. The molecule has 4 heterocycles. The van der Waals surface area contributed by atoms with Gasteiger partial charge in [0.25, 0.3) is 11.3 Å². The van der Waals surface area contributed by atoms with Gasteiger partial charge in [-0.1, -0.05) is 4.52 Å². The molecule has 3 aromatic rings. The molecule has 0 amide bonds. The van der Waals surface area contributed by atoms with Gasteiger partial charge in [-0.15, -0.1) is 0 Å². The van der Waals surface area contributed by atoms with Gasteiger partial charge in [0.1, 0.15) is 12.2 Å². The molecule has 3 aromatic heterocycles. The van der Waals surface area contributed by atoms with Gasteiger partial charge in [0, 0.05) is 18.2 Å². The minimum atomic E-state index is 0.976. The van der Waals surface area contributed by atoms with Crippen LogP contribution < -0.4 is 9.13 Å². The third-order valence-electron chi connectivity index (χ3n) is 3.81. The molecule has 0 spiro atoms. The second-order valence-corrected chi connectivity index (χ2v) is 5.20. The summed E-state index contributed by atoms with van der Waals surface area (Å²) in [6, 6.07) is 10.7. The topological polar surface area (TPSA) is 25.1 Å². The zero-order chi connectivity index (χ0) is 13.0. The van der Waals surface area contributed by atoms with Crippen molar-refractivity contribution in [3.8, 4) is 11.5 Å². The van der Waals surface area contributed by atoms with E-state index in [0.29, 0.717) is 0 Å². The average Bonchev–Trinajstić information content (AvgIpc) is 2.78. The Kier molecular flexibility index (Phi) is 2.04. The quantitative estimate of drug-likeness (QED) is 0.552. The summed E-state index contributed by atoms with van der Waals surface area (Å²) in [6.45, 7) is 6.22. The van der Waals surface area contributed by atoms with Crippen LogP contribution in [0.3, 0.4) is 0 Å². The van der Waals surface area contributed by atoms with Gasteiger partial charge in [-0.2, -0.15) is 4.57 Å². The average molecular weight is 252 g/mol. The van der Waals surface area contributed by atoms with Crippen LogP contribution in [0.1, 0.15) is 11.3 Å². The molecule has 0 fully saturated rings. The van der Waals surface area contributed by atoms with E-state index >= 15 is 0 Å². The van der Waals surface area contributed by atoms with Crippen LogP contribution in [0.5, 0.6) is 0 Å². The monoisotopic (exact) mass is 252 g/mol. The normalized spacial score (nSPS) is 13.4. The number of fused-ring (bicyclic) bond motifs is 5. The number of aryl methyl sites for hydroxylation is 4. The Bertz CT molecular complexity index is 801. The maximum absolute atomic E-state index is 4.79. The van der Waals surface area contributed by atoms with Gasteiger partial charge in [0.15, 0.2) is 12.7 Å². The highest BCUT2D eigenvalue weighted by Gasteiger charge is 2.33. The molecule has 4 heteroatoms. The summed E-state index contributed by atoms with van der Waals surface area (Å²) in [5, 5.41) is 4.79. The van der Waals surface area contributed by atoms with Gasteiger partial charge < -0.3 is 0 Å². The fraction of sp³-hybridized carbons (Fsp3) is 0.267. The summed E-state index contributed by atoms with van der Waals surface area (Å²) in [6.07, 6.45) is 2.13. The predicted molar refractivity (Wildman–Crippen MR) is 70.5 cm³/mol. The number of hydrogen-bond donors (Lipinski definition) is 0. The molecule has 0 N–H and O–H groups in total. The first-order valence-electron chi connectivity index (χ1n) is 6.63. The van der Waals surface area contributed by atoms with Crippen molar-refractivity contribution in [2.75, 3.05) is 0 Å². The lowest BCUT2D eigenvalue weighted by atomic mass is 10.2. The minimum absolute atomic E-state index is 0.976. The SMILES string of the molecule is Cc1cc(C)n2nc3[n+](c2c1)CC[n+]1ccccc1-3. The predicted octanol–water partition coefficient (Wildman–Crippen LogP) is 1.21. The zero-order valence-corrected chi connectivity index (χ0v) is 11.2. The second kappa shape index (κ2) is 3.63. The fourth-order valence-corrected chi connectivity index (χ4v) is 2.95. The van der Waals surface area contributed by atoms with Crippen molar-refractivity contribution in [1.82, 2.24) is 9.61 Å². The van der Waals surface area contributed by atoms with Crippen molar-refractivity contribution in [1.29, 1.82) is 0 Å². The van der Waals surface area contributed by atoms with E-state index in [-0.39, 0.29) is 0 Å². The van der Waals surface area contributed by atoms with Gasteiger partial charge in [-0.25, -0.2) is 4.57 Å². The first-order chi connectivity index (χ1) is 9.24. The van der Waals surface area contributed by atoms with Gasteiger partial charge >= 0.3 is 5.82 Å². The summed E-state index contributed by atoms with van der Waals surface area (Å²) in [4.78, 5) is 0. The van der Waals surface area contributed by atoms with E-state index in [1.165, 1.54) is 22.6 Å². The highest BCUT2D eigenvalue weighted by atomic mass is 15.4. The van der Waals surface area contributed by atoms with Crippen molar-refractivity contribution in [2.45, 2.75) is 26.9 Å². The molecule has 94 valence electrons. The third kappa shape index (κ3) is 1.43. The summed E-state index contributed by atoms with van der Waals surface area (Å²) in [5.74, 6) is 1.06. The molecule has 0 saturated heterocycles. The van der Waals surface area contributed by atoms with Crippen LogP contribution in [-0.2, 0) is 13.1 Å². The molecule has 4 rings (SSSR count). The maximum atomic E-state index is 4.79. The van der Waals surface area contributed by atoms with Gasteiger partial charge in [0.2, 0.25) is 0 Å². The van der Waals surface area contributed by atoms with Crippen LogP contribution in [0, 0.1) is 13.8 Å². The summed E-state index contributed by atoms with van der Waals surface area (Å²) in [7, 11) is 0. The molecule has 0 unspecified atom stereocenters. The zero-order valence-electron chi connectivity index (χ0n) is 11.2. The van der Waals surface area contributed by atoms with E-state index in [1.807, 2.05) is 4.52 Å². The summed E-state index contributed by atoms with van der Waals surface area (Å²) >= 11 is 0. The molecule has 19 heavy (non-hydrogen) atoms. The molecule has 4 nitrogen and oxygen atoms in total. The summed E-state index contributed by atoms with van der Waals surface area (Å²) in [5.41, 5.74) is 4.84. The molecular formula is C15H16N4+2. The third-order valence-corrected chi connectivity index (χ3v) is 3.81. The van der Waals surface area contributed by atoms with Crippen molar-refractivity contribution >= 4 is 5.65 Å². The largest absolute Gasteiger partial charge is 0.374 e. The number of nitrogens with zero attached hydrogens (tertiary/aromatic N) is 4. The Morgan fingerprint density at radius 1 is 1.16 bits per heavy atom. The first kappa shape index (κ1) is 10.7. The second-order valence-electron chi connectivity index (χ2n) is 5.20. The molecule has 0 radical (unpaired) electrons. The molecule has 0 atom stereocenters. The maximum Gasteiger partial charge on any atom is 0.374 e. The van der Waals surface area contributed by atoms with Crippen LogP contribution in [-0.4, -0.2) is 9.61 Å². The Morgan fingerprint density at radius 2 is 2.05 bits per heavy atom. The van der Waals surface area contributed by atoms with E-state index < -0.39 is 0 Å². The van der Waals surface area contributed by atoms with Gasteiger partial charge in [-0.05, 0) is 31.5 Å². The Morgan fingerprint density at radius 3 is 2.95 bits per heavy atom. The van der Waals surface area contributed by atoms with Crippen LogP contribution in [0.25, 0.3) is 17.2 Å². The molecule has 0 aliphatic carbocycles. The molecule has 1 aliphatic rings. The number of hydrogen-bond acceptors (Lipinski definition) is 1. The lowest BCUT2D eigenvalue weighted by Crippen LogP contribution is -2.52. The van der Waals surface area contributed by atoms with Crippen molar-refractivity contribution in [3.05, 3.63) is 47.8 Å². The van der Waals surface area contributed by atoms with E-state index in [4.69, 9.17) is 5.10 Å². The van der Waals surface area contributed by atoms with E-state index in [1.54, 1.807) is 0 Å². The standard InChI is InChI=1S/C15H16N4/c1-11-9-12(2)19-14(10-11)18-8-7-17-6-4-3-5-13(17)15(18)16-19/h3-6,9-10H,7-8H2,1-2H3/q+2. The molecule has 0 bridgehead atoms. The highest BCUT2D eigenvalue weighted by molar-refractivity contribution is 5.46. The number of pyridine rings is 2. The van der Waals surface area contributed by atoms with E-state index in [0.717, 1.165) is 18.9 Å². The minimum Gasteiger partial charge on any atom is -0.212 e. The number of aromatic nitrogens is 4. The van der Waals surface area contributed by atoms with Gasteiger partial charge in [0.05, 0.1) is 5.10 Å². The van der Waals surface area contributed by atoms with Crippen molar-refractivity contribution in [3.63, 3.8) is 0 Å². The fourth-order valence-electron chi connectivity index (χ4n) is 2.95. The molecule has 0 saturated carbocycles. The Labute approximate surface area is 111 Å².